The first-order chi connectivity index (χ1) is 7.72. The van der Waals surface area contributed by atoms with Gasteiger partial charge in [-0.1, -0.05) is 19.3 Å². The number of piperidine rings is 1. The summed E-state index contributed by atoms with van der Waals surface area (Å²) in [5.41, 5.74) is -0.256. The van der Waals surface area contributed by atoms with Gasteiger partial charge in [-0.15, -0.1) is 0 Å². The second-order valence-electron chi connectivity index (χ2n) is 5.86. The van der Waals surface area contributed by atoms with E-state index < -0.39 is 0 Å². The van der Waals surface area contributed by atoms with Crippen LogP contribution in [0.25, 0.3) is 0 Å². The Kier molecular flexibility index (Phi) is 2.75. The van der Waals surface area contributed by atoms with Crippen LogP contribution in [0.1, 0.15) is 51.4 Å². The molecule has 0 spiro atoms. The molecule has 1 heterocycles. The highest BCUT2D eigenvalue weighted by Gasteiger charge is 2.56. The fourth-order valence-electron chi connectivity index (χ4n) is 4.18. The minimum absolute atomic E-state index is 0.0851. The normalized spacial score (nSPS) is 40.4. The van der Waals surface area contributed by atoms with Gasteiger partial charge in [0.05, 0.1) is 5.54 Å². The van der Waals surface area contributed by atoms with E-state index in [0.717, 1.165) is 25.3 Å². The summed E-state index contributed by atoms with van der Waals surface area (Å²) in [6.07, 6.45) is 9.84. The van der Waals surface area contributed by atoms with Crippen LogP contribution in [0, 0.1) is 5.92 Å². The molecule has 3 heteroatoms. The number of nitrogens with zero attached hydrogens (tertiary/aromatic N) is 1. The number of hydrogen-bond donors (Lipinski definition) is 0. The second kappa shape index (κ2) is 3.99. The Bertz CT molecular complexity index is 300. The van der Waals surface area contributed by atoms with Gasteiger partial charge in [0.1, 0.15) is 0 Å². The van der Waals surface area contributed by atoms with Crippen molar-refractivity contribution in [2.45, 2.75) is 62.9 Å². The zero-order valence-corrected chi connectivity index (χ0v) is 10.5. The highest BCUT2D eigenvalue weighted by Crippen LogP contribution is 2.50. The van der Waals surface area contributed by atoms with E-state index in [-0.39, 0.29) is 10.8 Å². The standard InChI is InChI=1S/C13H20ClNO/c14-12(16)13-7-6-10(8-13)9-15(13)11-4-2-1-3-5-11/h10-11H,1-9H2/t10-,13+/m0/s1. The first kappa shape index (κ1) is 11.0. The number of carbonyl (C=O) groups is 1. The minimum atomic E-state index is -0.256. The predicted molar refractivity (Wildman–Crippen MR) is 64.5 cm³/mol. The van der Waals surface area contributed by atoms with Crippen molar-refractivity contribution in [2.75, 3.05) is 6.54 Å². The zero-order valence-electron chi connectivity index (χ0n) is 9.75. The molecule has 1 aliphatic heterocycles. The Morgan fingerprint density at radius 1 is 1.19 bits per heavy atom. The van der Waals surface area contributed by atoms with Crippen molar-refractivity contribution >= 4 is 16.8 Å². The largest absolute Gasteiger partial charge is 0.287 e. The fraction of sp³-hybridized carbons (Fsp3) is 0.923. The Hall–Kier alpha value is -0.0800. The van der Waals surface area contributed by atoms with Crippen LogP contribution in [-0.2, 0) is 4.79 Å². The molecule has 0 N–H and O–H groups in total. The highest BCUT2D eigenvalue weighted by atomic mass is 35.5. The number of hydrogen-bond acceptors (Lipinski definition) is 2. The van der Waals surface area contributed by atoms with Gasteiger partial charge in [-0.05, 0) is 49.6 Å². The van der Waals surface area contributed by atoms with Gasteiger partial charge >= 0.3 is 0 Å². The molecular weight excluding hydrogens is 222 g/mol. The molecule has 0 aromatic carbocycles. The van der Waals surface area contributed by atoms with Gasteiger partial charge in [0.15, 0.2) is 0 Å². The molecule has 2 atom stereocenters. The van der Waals surface area contributed by atoms with E-state index in [1.54, 1.807) is 0 Å². The van der Waals surface area contributed by atoms with Crippen LogP contribution in [0.15, 0.2) is 0 Å². The average molecular weight is 242 g/mol. The number of halogens is 1. The maximum atomic E-state index is 11.8. The second-order valence-corrected chi connectivity index (χ2v) is 6.20. The van der Waals surface area contributed by atoms with Crippen LogP contribution >= 0.6 is 11.6 Å². The summed E-state index contributed by atoms with van der Waals surface area (Å²) in [4.78, 5) is 14.3. The van der Waals surface area contributed by atoms with E-state index in [4.69, 9.17) is 11.6 Å². The molecule has 16 heavy (non-hydrogen) atoms. The Labute approximate surface area is 102 Å². The Morgan fingerprint density at radius 2 is 1.94 bits per heavy atom. The fourth-order valence-corrected chi connectivity index (χ4v) is 4.46. The van der Waals surface area contributed by atoms with Gasteiger partial charge in [0.25, 0.3) is 0 Å². The van der Waals surface area contributed by atoms with Crippen molar-refractivity contribution in [2.24, 2.45) is 5.92 Å². The number of likely N-dealkylation sites (tertiary alicyclic amines) is 1. The van der Waals surface area contributed by atoms with Gasteiger partial charge in [-0.3, -0.25) is 9.69 Å². The van der Waals surface area contributed by atoms with Crippen molar-refractivity contribution in [3.05, 3.63) is 0 Å². The predicted octanol–water partition coefficient (Wildman–Crippen LogP) is 2.94. The van der Waals surface area contributed by atoms with Crippen LogP contribution in [0.4, 0.5) is 0 Å². The van der Waals surface area contributed by atoms with E-state index in [1.165, 1.54) is 38.5 Å². The van der Waals surface area contributed by atoms with Gasteiger partial charge in [-0.2, -0.15) is 0 Å². The van der Waals surface area contributed by atoms with Crippen LogP contribution < -0.4 is 0 Å². The molecule has 0 radical (unpaired) electrons. The molecule has 0 aromatic rings. The van der Waals surface area contributed by atoms with Crippen LogP contribution in [0.3, 0.4) is 0 Å². The van der Waals surface area contributed by atoms with Crippen molar-refractivity contribution in [1.82, 2.24) is 4.90 Å². The lowest BCUT2D eigenvalue weighted by atomic mass is 9.89. The summed E-state index contributed by atoms with van der Waals surface area (Å²) < 4.78 is 0. The molecular formula is C13H20ClNO. The Balaban J connectivity index is 1.81. The van der Waals surface area contributed by atoms with Crippen molar-refractivity contribution in [1.29, 1.82) is 0 Å². The molecule has 3 rings (SSSR count). The van der Waals surface area contributed by atoms with E-state index in [9.17, 15) is 4.79 Å². The molecule has 3 aliphatic rings. The molecule has 3 fully saturated rings. The maximum absolute atomic E-state index is 11.8. The van der Waals surface area contributed by atoms with E-state index in [1.807, 2.05) is 0 Å². The molecule has 0 unspecified atom stereocenters. The third-order valence-electron chi connectivity index (χ3n) is 4.98. The molecule has 0 aromatic heterocycles. The quantitative estimate of drug-likeness (QED) is 0.693. The third kappa shape index (κ3) is 1.53. The van der Waals surface area contributed by atoms with Crippen molar-refractivity contribution in [3.63, 3.8) is 0 Å². The van der Waals surface area contributed by atoms with E-state index in [2.05, 4.69) is 4.90 Å². The molecule has 2 aliphatic carbocycles. The molecule has 1 saturated heterocycles. The van der Waals surface area contributed by atoms with Gasteiger partial charge < -0.3 is 0 Å². The molecule has 0 amide bonds. The zero-order chi connectivity index (χ0) is 11.2. The highest BCUT2D eigenvalue weighted by molar-refractivity contribution is 6.65. The lowest BCUT2D eigenvalue weighted by molar-refractivity contribution is -0.123. The van der Waals surface area contributed by atoms with Crippen molar-refractivity contribution in [3.8, 4) is 0 Å². The topological polar surface area (TPSA) is 20.3 Å². The SMILES string of the molecule is O=C(Cl)[C@]12CC[C@H](CN1C1CCCCC1)C2. The lowest BCUT2D eigenvalue weighted by Gasteiger charge is -2.43. The number of fused-ring (bicyclic) bond motifs is 2. The monoisotopic (exact) mass is 241 g/mol. The first-order valence-electron chi connectivity index (χ1n) is 6.69. The van der Waals surface area contributed by atoms with E-state index in [0.29, 0.717) is 6.04 Å². The average Bonchev–Trinajstić information content (AvgIpc) is 2.89. The van der Waals surface area contributed by atoms with E-state index >= 15 is 0 Å². The van der Waals surface area contributed by atoms with Crippen molar-refractivity contribution < 1.29 is 4.79 Å². The summed E-state index contributed by atoms with van der Waals surface area (Å²) in [6.45, 7) is 1.13. The van der Waals surface area contributed by atoms with Gasteiger partial charge in [0.2, 0.25) is 5.24 Å². The summed E-state index contributed by atoms with van der Waals surface area (Å²) >= 11 is 5.90. The van der Waals surface area contributed by atoms with Gasteiger partial charge in [0, 0.05) is 12.6 Å². The minimum Gasteiger partial charge on any atom is -0.287 e. The van der Waals surface area contributed by atoms with Crippen LogP contribution in [-0.4, -0.2) is 28.3 Å². The molecule has 90 valence electrons. The number of carbonyl (C=O) groups excluding carboxylic acids is 1. The number of rotatable bonds is 2. The summed E-state index contributed by atoms with van der Waals surface area (Å²) in [7, 11) is 0. The van der Waals surface area contributed by atoms with Crippen LogP contribution in [0.5, 0.6) is 0 Å². The molecule has 2 saturated carbocycles. The smallest absolute Gasteiger partial charge is 0.241 e. The summed E-state index contributed by atoms with van der Waals surface area (Å²) in [5, 5.41) is -0.0851. The third-order valence-corrected chi connectivity index (χ3v) is 5.33. The maximum Gasteiger partial charge on any atom is 0.241 e. The lowest BCUT2D eigenvalue weighted by Crippen LogP contribution is -2.54. The summed E-state index contributed by atoms with van der Waals surface area (Å²) in [5.74, 6) is 0.740. The van der Waals surface area contributed by atoms with Crippen LogP contribution in [0.2, 0.25) is 0 Å². The Morgan fingerprint density at radius 3 is 2.56 bits per heavy atom. The summed E-state index contributed by atoms with van der Waals surface area (Å²) in [6, 6.07) is 0.641. The molecule has 2 nitrogen and oxygen atoms in total. The van der Waals surface area contributed by atoms with Gasteiger partial charge in [-0.25, -0.2) is 0 Å². The first-order valence-corrected chi connectivity index (χ1v) is 7.07. The molecule has 2 bridgehead atoms.